The first-order valence-corrected chi connectivity index (χ1v) is 11.3. The first-order valence-electron chi connectivity index (χ1n) is 11.3. The van der Waals surface area contributed by atoms with Gasteiger partial charge in [0.2, 0.25) is 11.8 Å². The number of nitrogens with one attached hydrogen (secondary N) is 1. The van der Waals surface area contributed by atoms with Gasteiger partial charge >= 0.3 is 0 Å². The first kappa shape index (κ1) is 21.0. The maximum atomic E-state index is 12.9. The highest BCUT2D eigenvalue weighted by molar-refractivity contribution is 5.82. The van der Waals surface area contributed by atoms with Crippen LogP contribution in [0.5, 0.6) is 0 Å². The van der Waals surface area contributed by atoms with E-state index in [0.29, 0.717) is 50.2 Å². The van der Waals surface area contributed by atoms with Gasteiger partial charge in [-0.05, 0) is 67.8 Å². The van der Waals surface area contributed by atoms with Gasteiger partial charge in [-0.3, -0.25) is 9.59 Å². The van der Waals surface area contributed by atoms with E-state index in [9.17, 15) is 14.5 Å². The molecule has 0 spiro atoms. The molecule has 1 aromatic carbocycles. The lowest BCUT2D eigenvalue weighted by Crippen LogP contribution is -2.52. The number of nitroso groups, excluding NO2 is 1. The average molecular weight is 413 g/mol. The average Bonchev–Trinajstić information content (AvgIpc) is 3.64. The zero-order valence-corrected chi connectivity index (χ0v) is 17.6. The van der Waals surface area contributed by atoms with E-state index in [1.807, 2.05) is 28.0 Å². The molecule has 2 amide bonds. The molecule has 1 heterocycles. The summed E-state index contributed by atoms with van der Waals surface area (Å²) in [4.78, 5) is 39.9. The van der Waals surface area contributed by atoms with Crippen molar-refractivity contribution in [3.05, 3.63) is 34.7 Å². The number of benzene rings is 1. The van der Waals surface area contributed by atoms with Crippen molar-refractivity contribution in [2.24, 2.45) is 22.9 Å². The van der Waals surface area contributed by atoms with Crippen molar-refractivity contribution in [2.75, 3.05) is 32.7 Å². The van der Waals surface area contributed by atoms with Gasteiger partial charge in [-0.1, -0.05) is 18.2 Å². The smallest absolute Gasteiger partial charge is 0.225 e. The quantitative estimate of drug-likeness (QED) is 0.698. The summed E-state index contributed by atoms with van der Waals surface area (Å²) in [6, 6.07) is 7.41. The lowest BCUT2D eigenvalue weighted by Gasteiger charge is -2.38. The molecular formula is C23H32N4O3. The Hall–Kier alpha value is -2.28. The third-order valence-electron chi connectivity index (χ3n) is 6.86. The second-order valence-electron chi connectivity index (χ2n) is 8.99. The summed E-state index contributed by atoms with van der Waals surface area (Å²) in [7, 11) is 0. The Labute approximate surface area is 178 Å². The number of rotatable bonds is 7. The lowest BCUT2D eigenvalue weighted by molar-refractivity contribution is -0.143. The first-order chi connectivity index (χ1) is 14.7. The Kier molecular flexibility index (Phi) is 6.77. The molecule has 1 aromatic rings. The fourth-order valence-corrected chi connectivity index (χ4v) is 4.77. The molecule has 0 radical (unpaired) electrons. The summed E-state index contributed by atoms with van der Waals surface area (Å²) in [5, 5.41) is 6.53. The molecule has 7 nitrogen and oxygen atoms in total. The standard InChI is InChI=1S/C23H32N4O3/c28-22(26-11-13-27(14-12-26)23(29)19-9-10-19)18-7-5-17(6-8-18)15-24-16-20-3-1-2-4-21(20)25-30/h1-4,17-19,24H,5-16H2. The Morgan fingerprint density at radius 3 is 1.93 bits per heavy atom. The monoisotopic (exact) mass is 412 g/mol. The van der Waals surface area contributed by atoms with Crippen molar-refractivity contribution < 1.29 is 9.59 Å². The van der Waals surface area contributed by atoms with E-state index in [0.717, 1.165) is 50.6 Å². The molecule has 3 fully saturated rings. The van der Waals surface area contributed by atoms with Gasteiger partial charge in [0, 0.05) is 44.6 Å². The molecule has 2 saturated carbocycles. The molecule has 1 saturated heterocycles. The highest BCUT2D eigenvalue weighted by atomic mass is 16.3. The lowest BCUT2D eigenvalue weighted by atomic mass is 9.81. The maximum absolute atomic E-state index is 12.9. The number of piperazine rings is 1. The molecule has 162 valence electrons. The number of hydrogen-bond acceptors (Lipinski definition) is 5. The molecule has 2 aliphatic carbocycles. The van der Waals surface area contributed by atoms with Crippen LogP contribution in [0.1, 0.15) is 44.1 Å². The van der Waals surface area contributed by atoms with Gasteiger partial charge in [0.25, 0.3) is 0 Å². The van der Waals surface area contributed by atoms with Gasteiger partial charge in [0.05, 0.1) is 0 Å². The second kappa shape index (κ2) is 9.69. The van der Waals surface area contributed by atoms with E-state index >= 15 is 0 Å². The Morgan fingerprint density at radius 2 is 1.40 bits per heavy atom. The van der Waals surface area contributed by atoms with E-state index in [4.69, 9.17) is 0 Å². The minimum atomic E-state index is 0.131. The molecular weight excluding hydrogens is 380 g/mol. The Morgan fingerprint density at radius 1 is 0.867 bits per heavy atom. The molecule has 7 heteroatoms. The van der Waals surface area contributed by atoms with Crippen LogP contribution in [0.25, 0.3) is 0 Å². The molecule has 1 N–H and O–H groups in total. The summed E-state index contributed by atoms with van der Waals surface area (Å²) in [5.74, 6) is 1.54. The van der Waals surface area contributed by atoms with Gasteiger partial charge in [0.1, 0.15) is 5.69 Å². The molecule has 0 aromatic heterocycles. The number of carbonyl (C=O) groups excluding carboxylic acids is 2. The van der Waals surface area contributed by atoms with Gasteiger partial charge in [0.15, 0.2) is 0 Å². The highest BCUT2D eigenvalue weighted by Gasteiger charge is 2.36. The van der Waals surface area contributed by atoms with E-state index in [1.165, 1.54) is 0 Å². The fourth-order valence-electron chi connectivity index (χ4n) is 4.77. The van der Waals surface area contributed by atoms with Crippen molar-refractivity contribution >= 4 is 17.5 Å². The number of amides is 2. The van der Waals surface area contributed by atoms with Crippen molar-refractivity contribution in [1.29, 1.82) is 0 Å². The maximum Gasteiger partial charge on any atom is 0.225 e. The SMILES string of the molecule is O=Nc1ccccc1CNCC1CCC(C(=O)N2CCN(C(=O)C3CC3)CC2)CC1. The van der Waals surface area contributed by atoms with E-state index < -0.39 is 0 Å². The van der Waals surface area contributed by atoms with Crippen LogP contribution in [0.4, 0.5) is 5.69 Å². The summed E-state index contributed by atoms with van der Waals surface area (Å²) < 4.78 is 0. The van der Waals surface area contributed by atoms with Crippen LogP contribution in [-0.4, -0.2) is 54.3 Å². The van der Waals surface area contributed by atoms with Crippen LogP contribution in [0, 0.1) is 22.7 Å². The predicted molar refractivity (Wildman–Crippen MR) is 115 cm³/mol. The fraction of sp³-hybridized carbons (Fsp3) is 0.652. The summed E-state index contributed by atoms with van der Waals surface area (Å²) in [6.45, 7) is 4.29. The van der Waals surface area contributed by atoms with E-state index in [-0.39, 0.29) is 17.7 Å². The van der Waals surface area contributed by atoms with Crippen LogP contribution >= 0.6 is 0 Å². The molecule has 3 aliphatic rings. The normalized spacial score (nSPS) is 24.5. The Balaban J connectivity index is 1.16. The van der Waals surface area contributed by atoms with E-state index in [1.54, 1.807) is 6.07 Å². The van der Waals surface area contributed by atoms with Gasteiger partial charge < -0.3 is 15.1 Å². The van der Waals surface area contributed by atoms with Gasteiger partial charge in [-0.25, -0.2) is 0 Å². The third-order valence-corrected chi connectivity index (χ3v) is 6.86. The molecule has 0 atom stereocenters. The predicted octanol–water partition coefficient (Wildman–Crippen LogP) is 3.06. The highest BCUT2D eigenvalue weighted by Crippen LogP contribution is 2.32. The van der Waals surface area contributed by atoms with Crippen LogP contribution in [0.3, 0.4) is 0 Å². The largest absolute Gasteiger partial charge is 0.339 e. The van der Waals surface area contributed by atoms with Gasteiger partial charge in [-0.2, -0.15) is 0 Å². The summed E-state index contributed by atoms with van der Waals surface area (Å²) in [6.07, 6.45) is 6.07. The Bertz CT molecular complexity index is 763. The number of carbonyl (C=O) groups is 2. The zero-order chi connectivity index (χ0) is 20.9. The minimum Gasteiger partial charge on any atom is -0.339 e. The van der Waals surface area contributed by atoms with Gasteiger partial charge in [-0.15, -0.1) is 4.91 Å². The second-order valence-corrected chi connectivity index (χ2v) is 8.99. The third kappa shape index (κ3) is 5.06. The molecule has 0 bridgehead atoms. The van der Waals surface area contributed by atoms with Crippen molar-refractivity contribution in [3.8, 4) is 0 Å². The molecule has 1 aliphatic heterocycles. The van der Waals surface area contributed by atoms with Crippen LogP contribution in [-0.2, 0) is 16.1 Å². The van der Waals surface area contributed by atoms with E-state index in [2.05, 4.69) is 10.5 Å². The zero-order valence-electron chi connectivity index (χ0n) is 17.6. The summed E-state index contributed by atoms with van der Waals surface area (Å²) in [5.41, 5.74) is 1.42. The molecule has 0 unspecified atom stereocenters. The van der Waals surface area contributed by atoms with Crippen molar-refractivity contribution in [3.63, 3.8) is 0 Å². The molecule has 30 heavy (non-hydrogen) atoms. The van der Waals surface area contributed by atoms with Crippen LogP contribution in [0.15, 0.2) is 29.4 Å². The molecule has 4 rings (SSSR count). The van der Waals surface area contributed by atoms with Crippen LogP contribution in [0.2, 0.25) is 0 Å². The number of nitrogens with zero attached hydrogens (tertiary/aromatic N) is 3. The van der Waals surface area contributed by atoms with Crippen molar-refractivity contribution in [1.82, 2.24) is 15.1 Å². The van der Waals surface area contributed by atoms with Crippen LogP contribution < -0.4 is 5.32 Å². The summed E-state index contributed by atoms with van der Waals surface area (Å²) >= 11 is 0. The topological polar surface area (TPSA) is 82.1 Å². The number of hydrogen-bond donors (Lipinski definition) is 1. The minimum absolute atomic E-state index is 0.131. The van der Waals surface area contributed by atoms with Crippen molar-refractivity contribution in [2.45, 2.75) is 45.1 Å².